The number of primary amides is 1. The molecule has 0 spiro atoms. The molecule has 2 aromatic rings. The van der Waals surface area contributed by atoms with Gasteiger partial charge < -0.3 is 61.4 Å². The van der Waals surface area contributed by atoms with Gasteiger partial charge in [-0.2, -0.15) is 0 Å². The van der Waals surface area contributed by atoms with Crippen LogP contribution in [0.5, 0.6) is 0 Å². The number of methoxy groups -OCH3 is 2. The van der Waals surface area contributed by atoms with Crippen molar-refractivity contribution in [3.63, 3.8) is 0 Å². The zero-order chi connectivity index (χ0) is 68.2. The summed E-state index contributed by atoms with van der Waals surface area (Å²) in [5.74, 6) is -5.64. The number of nitrogens with one attached hydrogen (secondary N) is 3. The maximum Gasteiger partial charge on any atom is 0.410 e. The third-order valence-electron chi connectivity index (χ3n) is 18.1. The molecule has 91 heavy (non-hydrogen) atoms. The van der Waals surface area contributed by atoms with Gasteiger partial charge in [-0.25, -0.2) is 9.59 Å². The molecular formula is C69H110N8O14. The molecule has 2 aromatic carbocycles. The summed E-state index contributed by atoms with van der Waals surface area (Å²) in [6.07, 6.45) is 1.67. The van der Waals surface area contributed by atoms with Gasteiger partial charge >= 0.3 is 12.1 Å². The fourth-order valence-electron chi connectivity index (χ4n) is 12.5. The Morgan fingerprint density at radius 1 is 0.725 bits per heavy atom. The number of anilines is 1. The van der Waals surface area contributed by atoms with Gasteiger partial charge in [-0.3, -0.25) is 38.4 Å². The number of likely N-dealkylation sites (N-methyl/N-ethyl adjacent to an activating group) is 2. The molecule has 22 nitrogen and oxygen atoms in total. The fourth-order valence-corrected chi connectivity index (χ4v) is 12.5. The van der Waals surface area contributed by atoms with Crippen molar-refractivity contribution in [2.75, 3.05) is 53.3 Å². The normalized spacial score (nSPS) is 16.9. The third-order valence-corrected chi connectivity index (χ3v) is 18.1. The molecule has 1 aliphatic heterocycles. The summed E-state index contributed by atoms with van der Waals surface area (Å²) in [6, 6.07) is 12.3. The lowest BCUT2D eigenvalue weighted by Gasteiger charge is -2.41. The Kier molecular flexibility index (Phi) is 34.3. The van der Waals surface area contributed by atoms with Gasteiger partial charge in [0, 0.05) is 96.9 Å². The van der Waals surface area contributed by atoms with Gasteiger partial charge in [0.15, 0.2) is 11.6 Å². The molecule has 2 unspecified atom stereocenters. The second-order valence-electron chi connectivity index (χ2n) is 26.0. The standard InChI is InChI=1S/C69H110N8O14/c1-15-45(8)63(58(89-13)39-60(83)77-35-23-28-54(77)65(90-14)47(10)55(79)36-46(9)64(84)49-24-18-16-19-25-49)75(11)67(86)53(42(2)3)38-57(81)62(44(6)7)76(12)69(88)91-41-48-30-32-51(33-31-48)73-66(85)50(26-22-34-72-68(71)87)37-56(80)61(43(4)5)74-59(82)29-21-17-20-27-52(78)40-70/h16,18-19,24-25,30-33,42-47,50,53-54,58,61-65,84H,15,17,20-23,26-29,34-41,70H2,1-14H3,(H,73,85)(H,74,82)(H3,71,72,87)/t45-,46+,47+,50-,53+,54+,58-,61?,62?,63+,64-,65-/m1/s1. The zero-order valence-electron chi connectivity index (χ0n) is 56.8. The first kappa shape index (κ1) is 78.6. The van der Waals surface area contributed by atoms with Gasteiger partial charge in [-0.05, 0) is 91.4 Å². The summed E-state index contributed by atoms with van der Waals surface area (Å²) >= 11 is 0. The van der Waals surface area contributed by atoms with Crippen LogP contribution in [-0.4, -0.2) is 163 Å². The monoisotopic (exact) mass is 1270 g/mol. The van der Waals surface area contributed by atoms with Crippen LogP contribution in [0.3, 0.4) is 0 Å². The lowest BCUT2D eigenvalue weighted by Crippen LogP contribution is -2.54. The van der Waals surface area contributed by atoms with E-state index in [0.29, 0.717) is 69.2 Å². The molecule has 510 valence electrons. The van der Waals surface area contributed by atoms with Gasteiger partial charge in [-0.1, -0.05) is 125 Å². The first-order valence-corrected chi connectivity index (χ1v) is 32.8. The van der Waals surface area contributed by atoms with Crippen molar-refractivity contribution in [1.29, 1.82) is 0 Å². The summed E-state index contributed by atoms with van der Waals surface area (Å²) in [7, 11) is 6.25. The molecule has 1 fully saturated rings. The van der Waals surface area contributed by atoms with Crippen LogP contribution in [0.25, 0.3) is 0 Å². The largest absolute Gasteiger partial charge is 0.445 e. The second-order valence-corrected chi connectivity index (χ2v) is 26.0. The lowest BCUT2D eigenvalue weighted by atomic mass is 9.83. The Labute approximate surface area is 541 Å². The molecule has 0 saturated carbocycles. The summed E-state index contributed by atoms with van der Waals surface area (Å²) in [5, 5.41) is 19.2. The maximum absolute atomic E-state index is 14.9. The van der Waals surface area contributed by atoms with E-state index in [0.717, 1.165) is 5.56 Å². The lowest BCUT2D eigenvalue weighted by molar-refractivity contribution is -0.149. The number of Topliss-reactive ketones (excluding diaryl/α,β-unsaturated/α-hetero) is 4. The van der Waals surface area contributed by atoms with Crippen LogP contribution in [0, 0.1) is 47.3 Å². The quantitative estimate of drug-likeness (QED) is 0.0340. The number of likely N-dealkylation sites (tertiary alicyclic amines) is 1. The van der Waals surface area contributed by atoms with Crippen LogP contribution >= 0.6 is 0 Å². The number of urea groups is 1. The summed E-state index contributed by atoms with van der Waals surface area (Å²) in [6.45, 7) is 19.1. The Morgan fingerprint density at radius 2 is 1.37 bits per heavy atom. The van der Waals surface area contributed by atoms with Crippen LogP contribution in [0.4, 0.5) is 15.3 Å². The van der Waals surface area contributed by atoms with Crippen molar-refractivity contribution >= 4 is 64.6 Å². The van der Waals surface area contributed by atoms with Gasteiger partial charge in [0.2, 0.25) is 23.6 Å². The van der Waals surface area contributed by atoms with Crippen molar-refractivity contribution < 1.29 is 67.3 Å². The topological polar surface area (TPSA) is 316 Å². The molecule has 0 aliphatic carbocycles. The molecule has 12 atom stereocenters. The number of amides is 7. The van der Waals surface area contributed by atoms with Crippen LogP contribution in [0.2, 0.25) is 0 Å². The number of hydrogen-bond acceptors (Lipinski definition) is 15. The summed E-state index contributed by atoms with van der Waals surface area (Å²) in [5.41, 5.74) is 12.3. The fraction of sp³-hybridized carbons (Fsp3) is 0.681. The highest BCUT2D eigenvalue weighted by Crippen LogP contribution is 2.33. The Hall–Kier alpha value is -6.62. The minimum absolute atomic E-state index is 0.0194. The molecule has 0 bridgehead atoms. The van der Waals surface area contributed by atoms with E-state index < -0.39 is 72.2 Å². The van der Waals surface area contributed by atoms with Crippen LogP contribution in [-0.2, 0) is 59.2 Å². The average molecular weight is 1280 g/mol. The Balaban J connectivity index is 1.69. The Morgan fingerprint density at radius 3 is 1.95 bits per heavy atom. The van der Waals surface area contributed by atoms with Crippen molar-refractivity contribution in [2.24, 2.45) is 58.8 Å². The van der Waals surface area contributed by atoms with Crippen molar-refractivity contribution in [2.45, 2.75) is 208 Å². The number of hydrogen-bond donors (Lipinski definition) is 6. The van der Waals surface area contributed by atoms with Crippen LogP contribution in [0.1, 0.15) is 176 Å². The van der Waals surface area contributed by atoms with Crippen LogP contribution in [0.15, 0.2) is 54.6 Å². The highest BCUT2D eigenvalue weighted by Gasteiger charge is 2.44. The van der Waals surface area contributed by atoms with E-state index in [1.807, 2.05) is 85.7 Å². The Bertz CT molecular complexity index is 2660. The minimum atomic E-state index is -0.958. The van der Waals surface area contributed by atoms with Crippen molar-refractivity contribution in [3.05, 3.63) is 65.7 Å². The molecule has 1 saturated heterocycles. The molecule has 0 aromatic heterocycles. The van der Waals surface area contributed by atoms with E-state index in [9.17, 15) is 53.1 Å². The molecule has 1 aliphatic rings. The van der Waals surface area contributed by atoms with E-state index >= 15 is 0 Å². The van der Waals surface area contributed by atoms with Crippen molar-refractivity contribution in [1.82, 2.24) is 25.3 Å². The van der Waals surface area contributed by atoms with Gasteiger partial charge in [0.25, 0.3) is 0 Å². The molecule has 8 N–H and O–H groups in total. The molecule has 1 heterocycles. The molecule has 22 heteroatoms. The maximum atomic E-state index is 14.9. The number of rotatable bonds is 42. The first-order valence-electron chi connectivity index (χ1n) is 32.8. The minimum Gasteiger partial charge on any atom is -0.445 e. The zero-order valence-corrected chi connectivity index (χ0v) is 56.8. The average Bonchev–Trinajstić information content (AvgIpc) is 1.85. The van der Waals surface area contributed by atoms with E-state index in [1.54, 1.807) is 62.1 Å². The predicted molar refractivity (Wildman–Crippen MR) is 350 cm³/mol. The highest BCUT2D eigenvalue weighted by atomic mass is 16.6. The SMILES string of the molecule is CC[C@@H](C)[C@@H]([C@@H](CC(=O)N1CCC[C@H]1[C@H](OC)[C@@H](C)C(=O)C[C@H](C)[C@@H](O)c1ccccc1)OC)N(C)C(=O)[C@@H](CC(=O)C(C(C)C)N(C)C(=O)OCc1ccc(NC(=O)[C@H](CCCNC(N)=O)CC(=O)C(NC(=O)CCCCCC(=O)CN)C(C)C)cc1)C(C)C. The number of carbonyl (C=O) groups excluding carboxylic acids is 10. The van der Waals surface area contributed by atoms with Gasteiger partial charge in [0.05, 0.1) is 55.4 Å². The first-order chi connectivity index (χ1) is 43.0. The number of ketones is 4. The molecule has 3 rings (SSSR count). The summed E-state index contributed by atoms with van der Waals surface area (Å²) < 4.78 is 17.9. The van der Waals surface area contributed by atoms with E-state index in [-0.39, 0.29) is 135 Å². The number of unbranched alkanes of at least 4 members (excludes halogenated alkanes) is 2. The van der Waals surface area contributed by atoms with E-state index in [2.05, 4.69) is 16.0 Å². The number of aliphatic hydroxyl groups is 1. The summed E-state index contributed by atoms with van der Waals surface area (Å²) in [4.78, 5) is 140. The number of benzene rings is 2. The number of nitrogens with two attached hydrogens (primary N) is 2. The highest BCUT2D eigenvalue weighted by molar-refractivity contribution is 5.97. The molecule has 7 amide bonds. The second kappa shape index (κ2) is 39.7. The molecular weight excluding hydrogens is 1160 g/mol. The van der Waals surface area contributed by atoms with E-state index in [1.165, 1.54) is 19.1 Å². The van der Waals surface area contributed by atoms with E-state index in [4.69, 9.17) is 25.7 Å². The van der Waals surface area contributed by atoms with Gasteiger partial charge in [-0.15, -0.1) is 0 Å². The van der Waals surface area contributed by atoms with Crippen LogP contribution < -0.4 is 27.4 Å². The van der Waals surface area contributed by atoms with Gasteiger partial charge in [0.1, 0.15) is 18.2 Å². The molecule has 0 radical (unpaired) electrons. The number of aliphatic hydroxyl groups excluding tert-OH is 1. The number of carbonyl (C=O) groups is 10. The number of ether oxygens (including phenoxy) is 3. The smallest absolute Gasteiger partial charge is 0.410 e. The third kappa shape index (κ3) is 24.7. The number of nitrogens with zero attached hydrogens (tertiary/aromatic N) is 3. The van der Waals surface area contributed by atoms with Crippen molar-refractivity contribution in [3.8, 4) is 0 Å². The predicted octanol–water partition coefficient (Wildman–Crippen LogP) is 8.34.